The Balaban J connectivity index is 1.85. The van der Waals surface area contributed by atoms with Crippen molar-refractivity contribution in [3.63, 3.8) is 0 Å². The van der Waals surface area contributed by atoms with Gasteiger partial charge in [0.25, 0.3) is 0 Å². The quantitative estimate of drug-likeness (QED) is 0.568. The van der Waals surface area contributed by atoms with Gasteiger partial charge in [-0.15, -0.1) is 10.2 Å². The summed E-state index contributed by atoms with van der Waals surface area (Å²) in [5.74, 6) is 0.273. The average molecular weight is 298 g/mol. The van der Waals surface area contributed by atoms with E-state index in [2.05, 4.69) is 25.3 Å². The molecule has 3 heterocycles. The van der Waals surface area contributed by atoms with Crippen LogP contribution in [0.2, 0.25) is 0 Å². The van der Waals surface area contributed by atoms with Gasteiger partial charge in [-0.3, -0.25) is 9.97 Å². The molecule has 0 atom stereocenters. The maximum Gasteiger partial charge on any atom is 0.235 e. The van der Waals surface area contributed by atoms with E-state index in [1.807, 2.05) is 0 Å². The molecule has 0 unspecified atom stereocenters. The van der Waals surface area contributed by atoms with Crippen LogP contribution >= 0.6 is 11.3 Å². The smallest absolute Gasteiger partial charge is 0.235 e. The summed E-state index contributed by atoms with van der Waals surface area (Å²) in [5, 5.41) is 13.3. The predicted octanol–water partition coefficient (Wildman–Crippen LogP) is 2.45. The third-order valence-corrected chi connectivity index (χ3v) is 3.80. The van der Waals surface area contributed by atoms with Gasteiger partial charge in [0.1, 0.15) is 11.5 Å². The highest BCUT2D eigenvalue weighted by atomic mass is 32.1. The van der Waals surface area contributed by atoms with Gasteiger partial charge in [0, 0.05) is 18.0 Å². The van der Waals surface area contributed by atoms with Crippen LogP contribution in [0, 0.1) is 5.82 Å². The van der Waals surface area contributed by atoms with Crippen LogP contribution in [0.4, 0.5) is 4.39 Å². The zero-order valence-corrected chi connectivity index (χ0v) is 11.3. The Morgan fingerprint density at radius 2 is 1.90 bits per heavy atom. The number of hydrogen-bond donors (Lipinski definition) is 0. The summed E-state index contributed by atoms with van der Waals surface area (Å²) in [6.45, 7) is 0. The molecule has 8 heteroatoms. The molecule has 4 aromatic rings. The second-order valence-electron chi connectivity index (χ2n) is 4.22. The molecule has 6 nitrogen and oxygen atoms in total. The SMILES string of the molecule is Fc1ccc(-c2nnc3sc(-c4cnccn4)nn23)cc1. The van der Waals surface area contributed by atoms with E-state index < -0.39 is 0 Å². The minimum atomic E-state index is -0.293. The summed E-state index contributed by atoms with van der Waals surface area (Å²) in [6.07, 6.45) is 4.86. The maximum absolute atomic E-state index is 13.0. The van der Waals surface area contributed by atoms with Crippen LogP contribution in [-0.4, -0.2) is 29.8 Å². The van der Waals surface area contributed by atoms with Crippen molar-refractivity contribution in [3.05, 3.63) is 48.7 Å². The third-order valence-electron chi connectivity index (χ3n) is 2.88. The number of benzene rings is 1. The summed E-state index contributed by atoms with van der Waals surface area (Å²) < 4.78 is 14.6. The number of rotatable bonds is 2. The van der Waals surface area contributed by atoms with E-state index in [0.717, 1.165) is 5.56 Å². The molecular weight excluding hydrogens is 291 g/mol. The van der Waals surface area contributed by atoms with Gasteiger partial charge in [-0.1, -0.05) is 11.3 Å². The molecule has 0 N–H and O–H groups in total. The van der Waals surface area contributed by atoms with E-state index in [4.69, 9.17) is 0 Å². The molecule has 4 rings (SSSR count). The highest BCUT2D eigenvalue weighted by Crippen LogP contribution is 2.26. The van der Waals surface area contributed by atoms with Crippen molar-refractivity contribution in [3.8, 4) is 22.1 Å². The van der Waals surface area contributed by atoms with Crippen molar-refractivity contribution < 1.29 is 4.39 Å². The first-order chi connectivity index (χ1) is 10.3. The summed E-state index contributed by atoms with van der Waals surface area (Å²) >= 11 is 1.37. The molecule has 0 radical (unpaired) electrons. The number of aromatic nitrogens is 6. The second kappa shape index (κ2) is 4.67. The van der Waals surface area contributed by atoms with Gasteiger partial charge >= 0.3 is 0 Å². The van der Waals surface area contributed by atoms with Crippen molar-refractivity contribution in [2.75, 3.05) is 0 Å². The lowest BCUT2D eigenvalue weighted by Crippen LogP contribution is -1.92. The molecule has 3 aromatic heterocycles. The van der Waals surface area contributed by atoms with E-state index in [9.17, 15) is 4.39 Å². The van der Waals surface area contributed by atoms with Crippen LogP contribution in [0.3, 0.4) is 0 Å². The van der Waals surface area contributed by atoms with Crippen molar-refractivity contribution in [2.45, 2.75) is 0 Å². The molecule has 0 saturated heterocycles. The van der Waals surface area contributed by atoms with Gasteiger partial charge in [0.15, 0.2) is 10.8 Å². The zero-order chi connectivity index (χ0) is 14.2. The van der Waals surface area contributed by atoms with Crippen LogP contribution in [0.1, 0.15) is 0 Å². The molecule has 0 amide bonds. The van der Waals surface area contributed by atoms with Gasteiger partial charge in [0.2, 0.25) is 4.96 Å². The van der Waals surface area contributed by atoms with Crippen molar-refractivity contribution in [1.82, 2.24) is 29.8 Å². The Labute approximate surface area is 122 Å². The highest BCUT2D eigenvalue weighted by Gasteiger charge is 2.15. The summed E-state index contributed by atoms with van der Waals surface area (Å²) in [6, 6.07) is 6.05. The Kier molecular flexibility index (Phi) is 2.68. The van der Waals surface area contributed by atoms with Crippen molar-refractivity contribution >= 4 is 16.3 Å². The molecular formula is C13H7FN6S. The maximum atomic E-state index is 13.0. The first kappa shape index (κ1) is 12.0. The van der Waals surface area contributed by atoms with E-state index >= 15 is 0 Å². The normalized spacial score (nSPS) is 11.1. The number of halogens is 1. The fourth-order valence-corrected chi connectivity index (χ4v) is 2.71. The Hall–Kier alpha value is -2.74. The topological polar surface area (TPSA) is 68.9 Å². The van der Waals surface area contributed by atoms with Gasteiger partial charge in [0.05, 0.1) is 6.20 Å². The number of hydrogen-bond acceptors (Lipinski definition) is 6. The summed E-state index contributed by atoms with van der Waals surface area (Å²) in [5.41, 5.74) is 1.43. The largest absolute Gasteiger partial charge is 0.261 e. The second-order valence-corrected chi connectivity index (χ2v) is 5.18. The minimum absolute atomic E-state index is 0.293. The molecule has 0 spiro atoms. The van der Waals surface area contributed by atoms with Gasteiger partial charge in [-0.05, 0) is 24.3 Å². The van der Waals surface area contributed by atoms with E-state index in [-0.39, 0.29) is 5.82 Å². The first-order valence-corrected chi connectivity index (χ1v) is 6.87. The summed E-state index contributed by atoms with van der Waals surface area (Å²) in [4.78, 5) is 8.88. The zero-order valence-electron chi connectivity index (χ0n) is 10.5. The Morgan fingerprint density at radius 1 is 1.05 bits per heavy atom. The first-order valence-electron chi connectivity index (χ1n) is 6.06. The lowest BCUT2D eigenvalue weighted by atomic mass is 10.2. The fraction of sp³-hybridized carbons (Fsp3) is 0. The van der Waals surface area contributed by atoms with Crippen LogP contribution in [-0.2, 0) is 0 Å². The fourth-order valence-electron chi connectivity index (χ4n) is 1.91. The van der Waals surface area contributed by atoms with Crippen LogP contribution in [0.15, 0.2) is 42.9 Å². The van der Waals surface area contributed by atoms with Gasteiger partial charge < -0.3 is 0 Å². The molecule has 0 bridgehead atoms. The van der Waals surface area contributed by atoms with E-state index in [0.29, 0.717) is 21.5 Å². The molecule has 0 fully saturated rings. The predicted molar refractivity (Wildman–Crippen MR) is 75.1 cm³/mol. The van der Waals surface area contributed by atoms with E-state index in [1.165, 1.54) is 23.5 Å². The molecule has 102 valence electrons. The molecule has 21 heavy (non-hydrogen) atoms. The van der Waals surface area contributed by atoms with Crippen LogP contribution in [0.25, 0.3) is 27.1 Å². The minimum Gasteiger partial charge on any atom is -0.261 e. The summed E-state index contributed by atoms with van der Waals surface area (Å²) in [7, 11) is 0. The Bertz CT molecular complexity index is 899. The number of fused-ring (bicyclic) bond motifs is 1. The lowest BCUT2D eigenvalue weighted by molar-refractivity contribution is 0.628. The molecule has 1 aromatic carbocycles. The molecule has 0 saturated carbocycles. The van der Waals surface area contributed by atoms with Gasteiger partial charge in [-0.25, -0.2) is 4.39 Å². The van der Waals surface area contributed by atoms with Crippen molar-refractivity contribution in [1.29, 1.82) is 0 Å². The lowest BCUT2D eigenvalue weighted by Gasteiger charge is -1.96. The Morgan fingerprint density at radius 3 is 2.67 bits per heavy atom. The van der Waals surface area contributed by atoms with E-state index in [1.54, 1.807) is 35.2 Å². The standard InChI is InChI=1S/C13H7FN6S/c14-9-3-1-8(2-4-9)11-17-18-13-20(11)19-12(21-13)10-7-15-5-6-16-10/h1-7H. The van der Waals surface area contributed by atoms with Crippen LogP contribution in [0.5, 0.6) is 0 Å². The molecule has 0 aliphatic carbocycles. The van der Waals surface area contributed by atoms with Crippen molar-refractivity contribution in [2.24, 2.45) is 0 Å². The van der Waals surface area contributed by atoms with Gasteiger partial charge in [-0.2, -0.15) is 9.61 Å². The average Bonchev–Trinajstić information content (AvgIpc) is 3.09. The molecule has 0 aliphatic rings. The monoisotopic (exact) mass is 298 g/mol. The number of nitrogens with zero attached hydrogens (tertiary/aromatic N) is 6. The third kappa shape index (κ3) is 2.05. The van der Waals surface area contributed by atoms with Crippen LogP contribution < -0.4 is 0 Å². The highest BCUT2D eigenvalue weighted by molar-refractivity contribution is 7.19. The molecule has 0 aliphatic heterocycles.